The fraction of sp³-hybridized carbons (Fsp3) is 0.240. The Balaban J connectivity index is 1.45. The van der Waals surface area contributed by atoms with Crippen LogP contribution >= 0.6 is 0 Å². The van der Waals surface area contributed by atoms with Gasteiger partial charge in [-0.15, -0.1) is 0 Å². The minimum Gasteiger partial charge on any atom is -0.506 e. The number of nitrogens with zero attached hydrogens (tertiary/aromatic N) is 1. The standard InChI is InChI=1S/C25H26FN3O4S/c1-25(2,3)18-5-8-20(9-6-18)27-24(31)29-14-16-4-10-21(12-17(16)15-29)34(32,33)28-22-11-7-19(26)13-23(22)30/h4-13,28,30H,14-15H2,1-3H3,(H,27,31). The second-order valence-electron chi connectivity index (χ2n) is 9.31. The normalized spacial score (nSPS) is 13.5. The molecule has 3 aromatic rings. The predicted molar refractivity (Wildman–Crippen MR) is 129 cm³/mol. The minimum atomic E-state index is -4.02. The van der Waals surface area contributed by atoms with E-state index in [9.17, 15) is 22.7 Å². The molecule has 0 unspecified atom stereocenters. The van der Waals surface area contributed by atoms with E-state index in [0.29, 0.717) is 17.8 Å². The van der Waals surface area contributed by atoms with Gasteiger partial charge in [0.15, 0.2) is 0 Å². The van der Waals surface area contributed by atoms with Gasteiger partial charge in [0.1, 0.15) is 11.6 Å². The van der Waals surface area contributed by atoms with Crippen LogP contribution in [-0.4, -0.2) is 24.5 Å². The van der Waals surface area contributed by atoms with Crippen molar-refractivity contribution in [3.8, 4) is 5.75 Å². The van der Waals surface area contributed by atoms with Gasteiger partial charge in [-0.25, -0.2) is 17.6 Å². The summed E-state index contributed by atoms with van der Waals surface area (Å²) in [5.41, 5.74) is 3.30. The molecule has 0 aromatic heterocycles. The number of urea groups is 1. The maximum atomic E-state index is 13.2. The Morgan fingerprint density at radius 1 is 0.971 bits per heavy atom. The van der Waals surface area contributed by atoms with Crippen LogP contribution in [0.15, 0.2) is 65.6 Å². The molecule has 0 aliphatic carbocycles. The Hall–Kier alpha value is -3.59. The number of carbonyl (C=O) groups is 1. The largest absolute Gasteiger partial charge is 0.506 e. The molecule has 0 fully saturated rings. The van der Waals surface area contributed by atoms with Crippen molar-refractivity contribution in [1.82, 2.24) is 4.90 Å². The molecule has 0 spiro atoms. The SMILES string of the molecule is CC(C)(C)c1ccc(NC(=O)N2Cc3ccc(S(=O)(=O)Nc4ccc(F)cc4O)cc3C2)cc1. The van der Waals surface area contributed by atoms with Gasteiger partial charge < -0.3 is 15.3 Å². The molecule has 0 bridgehead atoms. The minimum absolute atomic E-state index is 0.0154. The molecule has 0 saturated carbocycles. The number of hydrogen-bond donors (Lipinski definition) is 3. The van der Waals surface area contributed by atoms with Crippen molar-refractivity contribution < 1.29 is 22.7 Å². The van der Waals surface area contributed by atoms with Crippen LogP contribution in [0.5, 0.6) is 5.75 Å². The Morgan fingerprint density at radius 3 is 2.29 bits per heavy atom. The second kappa shape index (κ2) is 8.64. The maximum absolute atomic E-state index is 13.2. The number of benzene rings is 3. The van der Waals surface area contributed by atoms with Crippen molar-refractivity contribution >= 4 is 27.4 Å². The van der Waals surface area contributed by atoms with E-state index in [2.05, 4.69) is 30.8 Å². The number of nitrogens with one attached hydrogen (secondary N) is 2. The summed E-state index contributed by atoms with van der Waals surface area (Å²) in [5, 5.41) is 12.7. The summed E-state index contributed by atoms with van der Waals surface area (Å²) in [4.78, 5) is 14.4. The number of sulfonamides is 1. The van der Waals surface area contributed by atoms with Gasteiger partial charge in [0, 0.05) is 24.8 Å². The Kier molecular flexibility index (Phi) is 5.99. The van der Waals surface area contributed by atoms with Crippen molar-refractivity contribution in [2.75, 3.05) is 10.0 Å². The predicted octanol–water partition coefficient (Wildman–Crippen LogP) is 5.18. The molecular formula is C25H26FN3O4S. The van der Waals surface area contributed by atoms with Crippen LogP contribution in [0.25, 0.3) is 0 Å². The van der Waals surface area contributed by atoms with E-state index in [4.69, 9.17) is 0 Å². The summed E-state index contributed by atoms with van der Waals surface area (Å²) >= 11 is 0. The molecule has 1 heterocycles. The van der Waals surface area contributed by atoms with E-state index >= 15 is 0 Å². The van der Waals surface area contributed by atoms with Gasteiger partial charge in [-0.05, 0) is 58.5 Å². The molecule has 2 amide bonds. The molecule has 0 radical (unpaired) electrons. The lowest BCUT2D eigenvalue weighted by atomic mass is 9.87. The zero-order chi connectivity index (χ0) is 24.7. The Bertz CT molecular complexity index is 1350. The summed E-state index contributed by atoms with van der Waals surface area (Å²) in [6.45, 7) is 6.97. The number of carbonyl (C=O) groups excluding carboxylic acids is 1. The molecule has 3 aromatic carbocycles. The molecule has 9 heteroatoms. The van der Waals surface area contributed by atoms with Crippen molar-refractivity contribution in [1.29, 1.82) is 0 Å². The molecule has 7 nitrogen and oxygen atoms in total. The first-order chi connectivity index (χ1) is 15.9. The van der Waals surface area contributed by atoms with Gasteiger partial charge >= 0.3 is 6.03 Å². The fourth-order valence-corrected chi connectivity index (χ4v) is 4.86. The molecule has 3 N–H and O–H groups in total. The van der Waals surface area contributed by atoms with E-state index in [0.717, 1.165) is 29.3 Å². The lowest BCUT2D eigenvalue weighted by Crippen LogP contribution is -2.30. The summed E-state index contributed by atoms with van der Waals surface area (Å²) in [7, 11) is -4.02. The Morgan fingerprint density at radius 2 is 1.65 bits per heavy atom. The quantitative estimate of drug-likeness (QED) is 0.446. The van der Waals surface area contributed by atoms with Crippen molar-refractivity contribution in [2.45, 2.75) is 44.2 Å². The highest BCUT2D eigenvalue weighted by Crippen LogP contribution is 2.30. The average Bonchev–Trinajstić information content (AvgIpc) is 3.19. The van der Waals surface area contributed by atoms with Crippen molar-refractivity contribution in [3.05, 3.63) is 83.2 Å². The number of hydrogen-bond acceptors (Lipinski definition) is 4. The molecule has 0 saturated heterocycles. The third-order valence-electron chi connectivity index (χ3n) is 5.70. The molecule has 178 valence electrons. The molecule has 1 aliphatic rings. The van der Waals surface area contributed by atoms with Crippen LogP contribution < -0.4 is 10.0 Å². The van der Waals surface area contributed by atoms with Crippen LogP contribution in [0.3, 0.4) is 0 Å². The van der Waals surface area contributed by atoms with E-state index < -0.39 is 21.6 Å². The van der Waals surface area contributed by atoms with Gasteiger partial charge in [0.05, 0.1) is 10.6 Å². The number of phenolic OH excluding ortho intramolecular Hbond substituents is 1. The highest BCUT2D eigenvalue weighted by atomic mass is 32.2. The lowest BCUT2D eigenvalue weighted by molar-refractivity contribution is 0.212. The number of phenols is 1. The summed E-state index contributed by atoms with van der Waals surface area (Å²) in [5.74, 6) is -1.19. The molecule has 4 rings (SSSR count). The summed E-state index contributed by atoms with van der Waals surface area (Å²) in [6, 6.07) is 15.0. The highest BCUT2D eigenvalue weighted by Gasteiger charge is 2.26. The first kappa shape index (κ1) is 23.6. The van der Waals surface area contributed by atoms with Crippen LogP contribution in [0.2, 0.25) is 0 Å². The molecule has 1 aliphatic heterocycles. The number of anilines is 2. The number of halogens is 1. The van der Waals surface area contributed by atoms with Gasteiger partial charge in [-0.3, -0.25) is 4.72 Å². The van der Waals surface area contributed by atoms with Gasteiger partial charge in [-0.1, -0.05) is 39.0 Å². The van der Waals surface area contributed by atoms with Crippen LogP contribution in [-0.2, 0) is 28.5 Å². The first-order valence-corrected chi connectivity index (χ1v) is 12.2. The Labute approximate surface area is 198 Å². The van der Waals surface area contributed by atoms with Crippen LogP contribution in [0, 0.1) is 5.82 Å². The van der Waals surface area contributed by atoms with E-state index in [1.165, 1.54) is 12.1 Å². The van der Waals surface area contributed by atoms with Crippen molar-refractivity contribution in [2.24, 2.45) is 0 Å². The first-order valence-electron chi connectivity index (χ1n) is 10.7. The number of aromatic hydroxyl groups is 1. The topological polar surface area (TPSA) is 98.7 Å². The lowest BCUT2D eigenvalue weighted by Gasteiger charge is -2.20. The van der Waals surface area contributed by atoms with Crippen LogP contribution in [0.4, 0.5) is 20.6 Å². The number of fused-ring (bicyclic) bond motifs is 1. The van der Waals surface area contributed by atoms with E-state index in [-0.39, 0.29) is 28.6 Å². The zero-order valence-electron chi connectivity index (χ0n) is 19.1. The second-order valence-corrected chi connectivity index (χ2v) is 11.0. The summed E-state index contributed by atoms with van der Waals surface area (Å²) < 4.78 is 41.0. The third-order valence-corrected chi connectivity index (χ3v) is 7.07. The summed E-state index contributed by atoms with van der Waals surface area (Å²) in [6.07, 6.45) is 0. The molecular weight excluding hydrogens is 457 g/mol. The van der Waals surface area contributed by atoms with Gasteiger partial charge in [-0.2, -0.15) is 0 Å². The fourth-order valence-electron chi connectivity index (χ4n) is 3.73. The maximum Gasteiger partial charge on any atom is 0.322 e. The number of rotatable bonds is 4. The van der Waals surface area contributed by atoms with Gasteiger partial charge in [0.25, 0.3) is 10.0 Å². The third kappa shape index (κ3) is 4.99. The molecule has 34 heavy (non-hydrogen) atoms. The highest BCUT2D eigenvalue weighted by molar-refractivity contribution is 7.92. The smallest absolute Gasteiger partial charge is 0.322 e. The van der Waals surface area contributed by atoms with Gasteiger partial charge in [0.2, 0.25) is 0 Å². The monoisotopic (exact) mass is 483 g/mol. The average molecular weight is 484 g/mol. The number of amides is 2. The van der Waals surface area contributed by atoms with E-state index in [1.54, 1.807) is 11.0 Å². The molecule has 0 atom stereocenters. The van der Waals surface area contributed by atoms with Crippen LogP contribution in [0.1, 0.15) is 37.5 Å². The zero-order valence-corrected chi connectivity index (χ0v) is 19.9. The van der Waals surface area contributed by atoms with E-state index in [1.807, 2.05) is 24.3 Å². The van der Waals surface area contributed by atoms with Crippen molar-refractivity contribution in [3.63, 3.8) is 0 Å².